The fourth-order valence-corrected chi connectivity index (χ4v) is 4.39. The van der Waals surface area contributed by atoms with Gasteiger partial charge in [0.1, 0.15) is 12.6 Å². The van der Waals surface area contributed by atoms with Crippen LogP contribution in [-0.4, -0.2) is 20.4 Å². The summed E-state index contributed by atoms with van der Waals surface area (Å²) in [6.07, 6.45) is 0.194. The molecule has 0 spiro atoms. The highest BCUT2D eigenvalue weighted by Gasteiger charge is 2.28. The lowest BCUT2D eigenvalue weighted by Gasteiger charge is -2.19. The van der Waals surface area contributed by atoms with Crippen molar-refractivity contribution >= 4 is 16.0 Å². The van der Waals surface area contributed by atoms with Crippen molar-refractivity contribution in [1.82, 2.24) is 4.72 Å². The predicted octanol–water partition coefficient (Wildman–Crippen LogP) is 3.63. The number of hydrogen-bond donors (Lipinski definition) is 1. The minimum Gasteiger partial charge on any atom is -0.460 e. The number of aryl methyl sites for hydroxylation is 1. The average molecular weight is 410 g/mol. The fourth-order valence-electron chi connectivity index (χ4n) is 2.96. The van der Waals surface area contributed by atoms with E-state index in [1.165, 1.54) is 6.07 Å². The van der Waals surface area contributed by atoms with Gasteiger partial charge in [-0.2, -0.15) is 4.72 Å². The summed E-state index contributed by atoms with van der Waals surface area (Å²) in [7, 11) is -3.89. The van der Waals surface area contributed by atoms with Crippen LogP contribution in [0.5, 0.6) is 0 Å². The normalized spacial score (nSPS) is 12.3. The highest BCUT2D eigenvalue weighted by atomic mass is 32.2. The maximum atomic E-state index is 12.9. The van der Waals surface area contributed by atoms with E-state index < -0.39 is 22.0 Å². The number of esters is 1. The summed E-state index contributed by atoms with van der Waals surface area (Å²) in [6.45, 7) is 1.80. The Hall–Kier alpha value is -2.96. The summed E-state index contributed by atoms with van der Waals surface area (Å²) in [5.41, 5.74) is 2.28. The number of sulfonamides is 1. The van der Waals surface area contributed by atoms with Crippen molar-refractivity contribution in [2.24, 2.45) is 0 Å². The fraction of sp³-hybridized carbons (Fsp3) is 0.174. The predicted molar refractivity (Wildman–Crippen MR) is 112 cm³/mol. The molecule has 0 amide bonds. The third-order valence-corrected chi connectivity index (χ3v) is 6.10. The van der Waals surface area contributed by atoms with Gasteiger partial charge in [-0.1, -0.05) is 78.9 Å². The number of carbonyl (C=O) groups is 1. The first-order valence-corrected chi connectivity index (χ1v) is 10.8. The van der Waals surface area contributed by atoms with E-state index in [1.54, 1.807) is 25.1 Å². The molecule has 1 unspecified atom stereocenters. The third-order valence-electron chi connectivity index (χ3n) is 4.47. The summed E-state index contributed by atoms with van der Waals surface area (Å²) >= 11 is 0. The third kappa shape index (κ3) is 5.76. The number of nitrogens with one attached hydrogen (secondary N) is 1. The monoisotopic (exact) mass is 409 g/mol. The zero-order valence-electron chi connectivity index (χ0n) is 16.1. The van der Waals surface area contributed by atoms with E-state index in [-0.39, 0.29) is 17.9 Å². The summed E-state index contributed by atoms with van der Waals surface area (Å²) in [6, 6.07) is 24.1. The van der Waals surface area contributed by atoms with Crippen LogP contribution in [-0.2, 0) is 32.6 Å². The largest absolute Gasteiger partial charge is 0.460 e. The Morgan fingerprint density at radius 1 is 0.862 bits per heavy atom. The number of carbonyl (C=O) groups excluding carboxylic acids is 1. The van der Waals surface area contributed by atoms with Crippen molar-refractivity contribution in [1.29, 1.82) is 0 Å². The number of benzene rings is 3. The minimum absolute atomic E-state index is 0.0804. The molecule has 0 aromatic heterocycles. The second-order valence-electron chi connectivity index (χ2n) is 6.72. The summed E-state index contributed by atoms with van der Waals surface area (Å²) < 4.78 is 33.8. The highest BCUT2D eigenvalue weighted by molar-refractivity contribution is 7.89. The zero-order valence-corrected chi connectivity index (χ0v) is 16.9. The Morgan fingerprint density at radius 3 is 2.03 bits per heavy atom. The standard InChI is InChI=1S/C23H23NO4S/c1-18-10-8-9-15-22(18)29(26,27)24-21(16-19-11-4-2-5-12-19)23(25)28-17-20-13-6-3-7-14-20/h2-15,21,24H,16-17H2,1H3. The van der Waals surface area contributed by atoms with E-state index in [2.05, 4.69) is 4.72 Å². The molecular weight excluding hydrogens is 386 g/mol. The van der Waals surface area contributed by atoms with Crippen LogP contribution in [0.2, 0.25) is 0 Å². The summed E-state index contributed by atoms with van der Waals surface area (Å²) in [5.74, 6) is -0.616. The number of rotatable bonds is 8. The van der Waals surface area contributed by atoms with E-state index in [4.69, 9.17) is 4.74 Å². The van der Waals surface area contributed by atoms with E-state index in [0.717, 1.165) is 11.1 Å². The summed E-state index contributed by atoms with van der Waals surface area (Å²) in [5, 5.41) is 0. The molecule has 1 atom stereocenters. The molecule has 0 aliphatic rings. The average Bonchev–Trinajstić information content (AvgIpc) is 2.73. The lowest BCUT2D eigenvalue weighted by Crippen LogP contribution is -2.43. The Bertz CT molecular complexity index is 1050. The van der Waals surface area contributed by atoms with E-state index in [0.29, 0.717) is 5.56 Å². The zero-order chi connectivity index (χ0) is 20.7. The quantitative estimate of drug-likeness (QED) is 0.577. The van der Waals surface area contributed by atoms with Crippen LogP contribution in [0.3, 0.4) is 0 Å². The van der Waals surface area contributed by atoms with Crippen molar-refractivity contribution < 1.29 is 17.9 Å². The Labute approximate surface area is 171 Å². The molecule has 0 saturated carbocycles. The second kappa shape index (κ2) is 9.49. The van der Waals surface area contributed by atoms with Crippen molar-refractivity contribution in [3.8, 4) is 0 Å². The van der Waals surface area contributed by atoms with Crippen LogP contribution in [0.15, 0.2) is 89.8 Å². The van der Waals surface area contributed by atoms with Gasteiger partial charge in [-0.3, -0.25) is 4.79 Å². The first-order chi connectivity index (χ1) is 14.0. The number of hydrogen-bond acceptors (Lipinski definition) is 4. The molecule has 3 aromatic carbocycles. The molecule has 1 N–H and O–H groups in total. The van der Waals surface area contributed by atoms with E-state index in [9.17, 15) is 13.2 Å². The SMILES string of the molecule is Cc1ccccc1S(=O)(=O)NC(Cc1ccccc1)C(=O)OCc1ccccc1. The molecule has 3 aromatic rings. The first-order valence-electron chi connectivity index (χ1n) is 9.28. The van der Waals surface area contributed by atoms with Crippen LogP contribution in [0.1, 0.15) is 16.7 Å². The molecule has 0 fully saturated rings. The molecule has 0 radical (unpaired) electrons. The van der Waals surface area contributed by atoms with Gasteiger partial charge >= 0.3 is 5.97 Å². The van der Waals surface area contributed by atoms with Gasteiger partial charge in [0.2, 0.25) is 10.0 Å². The van der Waals surface area contributed by atoms with Gasteiger partial charge in [0, 0.05) is 0 Å². The van der Waals surface area contributed by atoms with Gasteiger partial charge in [0.05, 0.1) is 4.90 Å². The highest BCUT2D eigenvalue weighted by Crippen LogP contribution is 2.16. The van der Waals surface area contributed by atoms with Crippen LogP contribution in [0.25, 0.3) is 0 Å². The Morgan fingerprint density at radius 2 is 1.41 bits per heavy atom. The topological polar surface area (TPSA) is 72.5 Å². The van der Waals surface area contributed by atoms with Crippen molar-refractivity contribution in [2.45, 2.75) is 30.9 Å². The molecule has 0 saturated heterocycles. The first kappa shape index (κ1) is 20.8. The van der Waals surface area contributed by atoms with E-state index in [1.807, 2.05) is 60.7 Å². The molecular formula is C23H23NO4S. The van der Waals surface area contributed by atoms with Crippen LogP contribution in [0.4, 0.5) is 0 Å². The van der Waals surface area contributed by atoms with Gasteiger partial charge in [-0.15, -0.1) is 0 Å². The second-order valence-corrected chi connectivity index (χ2v) is 8.40. The number of ether oxygens (including phenoxy) is 1. The molecule has 5 nitrogen and oxygen atoms in total. The summed E-state index contributed by atoms with van der Waals surface area (Å²) in [4.78, 5) is 12.9. The molecule has 0 aliphatic carbocycles. The van der Waals surface area contributed by atoms with Crippen LogP contribution < -0.4 is 4.72 Å². The van der Waals surface area contributed by atoms with Crippen molar-refractivity contribution in [2.75, 3.05) is 0 Å². The van der Waals surface area contributed by atoms with Gasteiger partial charge < -0.3 is 4.74 Å². The molecule has 6 heteroatoms. The molecule has 150 valence electrons. The van der Waals surface area contributed by atoms with Gasteiger partial charge in [0.15, 0.2) is 0 Å². The van der Waals surface area contributed by atoms with Crippen molar-refractivity contribution in [3.05, 3.63) is 102 Å². The Balaban J connectivity index is 1.80. The molecule has 0 heterocycles. The molecule has 29 heavy (non-hydrogen) atoms. The van der Waals surface area contributed by atoms with Crippen LogP contribution >= 0.6 is 0 Å². The Kier molecular flexibility index (Phi) is 6.80. The van der Waals surface area contributed by atoms with Gasteiger partial charge in [-0.25, -0.2) is 8.42 Å². The lowest BCUT2D eigenvalue weighted by molar-refractivity contribution is -0.147. The molecule has 0 aliphatic heterocycles. The maximum absolute atomic E-state index is 12.9. The lowest BCUT2D eigenvalue weighted by atomic mass is 10.1. The van der Waals surface area contributed by atoms with E-state index >= 15 is 0 Å². The maximum Gasteiger partial charge on any atom is 0.324 e. The smallest absolute Gasteiger partial charge is 0.324 e. The van der Waals surface area contributed by atoms with Gasteiger partial charge in [0.25, 0.3) is 0 Å². The molecule has 0 bridgehead atoms. The van der Waals surface area contributed by atoms with Gasteiger partial charge in [-0.05, 0) is 36.1 Å². The molecule has 3 rings (SSSR count). The van der Waals surface area contributed by atoms with Crippen molar-refractivity contribution in [3.63, 3.8) is 0 Å². The van der Waals surface area contributed by atoms with Crippen LogP contribution in [0, 0.1) is 6.92 Å². The minimum atomic E-state index is -3.89.